The van der Waals surface area contributed by atoms with E-state index in [1.165, 1.54) is 0 Å². The Kier molecular flexibility index (Phi) is 4.05. The van der Waals surface area contributed by atoms with Crippen molar-refractivity contribution in [1.82, 2.24) is 5.32 Å². The van der Waals surface area contributed by atoms with E-state index >= 15 is 0 Å². The molecule has 2 aromatic carbocycles. The van der Waals surface area contributed by atoms with Gasteiger partial charge in [0, 0.05) is 0 Å². The molecule has 3 rings (SSSR count). The Hall–Kier alpha value is -2.49. The van der Waals surface area contributed by atoms with Crippen LogP contribution in [-0.4, -0.2) is 18.7 Å². The third-order valence-electron chi connectivity index (χ3n) is 3.39. The lowest BCUT2D eigenvalue weighted by Crippen LogP contribution is -2.28. The van der Waals surface area contributed by atoms with Gasteiger partial charge in [0.05, 0.1) is 6.04 Å². The second kappa shape index (κ2) is 6.31. The van der Waals surface area contributed by atoms with Crippen LogP contribution in [0.2, 0.25) is 0 Å². The number of rotatable bonds is 5. The fraction of sp³-hybridized carbons (Fsp3) is 0.235. The fourth-order valence-electron chi connectivity index (χ4n) is 2.28. The maximum absolute atomic E-state index is 11.0. The molecule has 1 amide bonds. The molecule has 0 radical (unpaired) electrons. The topological polar surface area (TPSA) is 47.6 Å². The van der Waals surface area contributed by atoms with Crippen molar-refractivity contribution in [2.45, 2.75) is 19.1 Å². The third-order valence-corrected chi connectivity index (χ3v) is 3.39. The van der Waals surface area contributed by atoms with E-state index in [2.05, 4.69) is 5.32 Å². The van der Waals surface area contributed by atoms with Crippen LogP contribution in [0.1, 0.15) is 11.1 Å². The summed E-state index contributed by atoms with van der Waals surface area (Å²) in [6.07, 6.45) is 0.438. The predicted octanol–water partition coefficient (Wildman–Crippen LogP) is 2.92. The van der Waals surface area contributed by atoms with E-state index in [0.717, 1.165) is 23.3 Å². The Morgan fingerprint density at radius 3 is 2.48 bits per heavy atom. The summed E-state index contributed by atoms with van der Waals surface area (Å²) < 4.78 is 10.6. The third kappa shape index (κ3) is 3.75. The van der Waals surface area contributed by atoms with Gasteiger partial charge in [-0.3, -0.25) is 0 Å². The standard InChI is InChI=1S/C17H17NO3/c19-17-18-15(12-21-17)10-13-6-8-16(9-7-13)20-11-14-4-2-1-3-5-14/h1-9,15H,10-12H2,(H,18,19)/t15-/m0/s1. The SMILES string of the molecule is O=C1N[C@@H](Cc2ccc(OCc3ccccc3)cc2)CO1. The quantitative estimate of drug-likeness (QED) is 0.917. The molecule has 4 nitrogen and oxygen atoms in total. The number of nitrogens with one attached hydrogen (secondary N) is 1. The maximum Gasteiger partial charge on any atom is 0.407 e. The van der Waals surface area contributed by atoms with Gasteiger partial charge in [0.25, 0.3) is 0 Å². The number of alkyl carbamates (subject to hydrolysis) is 1. The Bertz CT molecular complexity index is 595. The molecule has 1 atom stereocenters. The average molecular weight is 283 g/mol. The Labute approximate surface area is 123 Å². The minimum atomic E-state index is -0.331. The number of benzene rings is 2. The first kappa shape index (κ1) is 13.5. The zero-order valence-corrected chi connectivity index (χ0v) is 11.6. The van der Waals surface area contributed by atoms with E-state index in [1.807, 2.05) is 54.6 Å². The Balaban J connectivity index is 1.53. The van der Waals surface area contributed by atoms with E-state index in [9.17, 15) is 4.79 Å². The minimum absolute atomic E-state index is 0.0635. The van der Waals surface area contributed by atoms with E-state index in [1.54, 1.807) is 0 Å². The molecule has 4 heteroatoms. The average Bonchev–Trinajstić information content (AvgIpc) is 2.93. The van der Waals surface area contributed by atoms with Crippen molar-refractivity contribution in [2.75, 3.05) is 6.61 Å². The van der Waals surface area contributed by atoms with Crippen LogP contribution < -0.4 is 10.1 Å². The molecule has 108 valence electrons. The summed E-state index contributed by atoms with van der Waals surface area (Å²) in [6.45, 7) is 0.998. The van der Waals surface area contributed by atoms with Crippen molar-refractivity contribution in [3.8, 4) is 5.75 Å². The first-order valence-corrected chi connectivity index (χ1v) is 6.98. The van der Waals surface area contributed by atoms with Crippen molar-refractivity contribution in [1.29, 1.82) is 0 Å². The molecule has 1 aliphatic heterocycles. The summed E-state index contributed by atoms with van der Waals surface area (Å²) in [5.74, 6) is 0.842. The highest BCUT2D eigenvalue weighted by atomic mass is 16.6. The van der Waals surface area contributed by atoms with Crippen molar-refractivity contribution in [3.05, 3.63) is 65.7 Å². The zero-order chi connectivity index (χ0) is 14.5. The highest BCUT2D eigenvalue weighted by molar-refractivity contribution is 5.69. The summed E-state index contributed by atoms with van der Waals surface area (Å²) in [4.78, 5) is 11.0. The molecule has 21 heavy (non-hydrogen) atoms. The van der Waals surface area contributed by atoms with Crippen LogP contribution in [0, 0.1) is 0 Å². The molecule has 0 aromatic heterocycles. The molecule has 1 fully saturated rings. The Morgan fingerprint density at radius 2 is 1.81 bits per heavy atom. The van der Waals surface area contributed by atoms with Gasteiger partial charge in [0.15, 0.2) is 0 Å². The van der Waals surface area contributed by atoms with E-state index in [4.69, 9.17) is 9.47 Å². The van der Waals surface area contributed by atoms with Crippen molar-refractivity contribution < 1.29 is 14.3 Å². The number of carbonyl (C=O) groups is 1. The number of carbonyl (C=O) groups excluding carboxylic acids is 1. The number of cyclic esters (lactones) is 1. The van der Waals surface area contributed by atoms with E-state index in [-0.39, 0.29) is 12.1 Å². The van der Waals surface area contributed by atoms with Gasteiger partial charge in [0.1, 0.15) is 19.0 Å². The summed E-state index contributed by atoms with van der Waals surface area (Å²) in [5, 5.41) is 2.77. The smallest absolute Gasteiger partial charge is 0.407 e. The lowest BCUT2D eigenvalue weighted by Gasteiger charge is -2.09. The van der Waals surface area contributed by atoms with Gasteiger partial charge in [-0.15, -0.1) is 0 Å². The van der Waals surface area contributed by atoms with Gasteiger partial charge in [0.2, 0.25) is 0 Å². The Morgan fingerprint density at radius 1 is 1.05 bits per heavy atom. The van der Waals surface area contributed by atoms with Gasteiger partial charge in [-0.25, -0.2) is 4.79 Å². The summed E-state index contributed by atoms with van der Waals surface area (Å²) in [7, 11) is 0. The lowest BCUT2D eigenvalue weighted by atomic mass is 10.1. The zero-order valence-electron chi connectivity index (χ0n) is 11.6. The molecule has 0 bridgehead atoms. The van der Waals surface area contributed by atoms with Crippen LogP contribution in [0.25, 0.3) is 0 Å². The number of ether oxygens (including phenoxy) is 2. The van der Waals surface area contributed by atoms with Gasteiger partial charge in [-0.2, -0.15) is 0 Å². The highest BCUT2D eigenvalue weighted by Gasteiger charge is 2.21. The number of hydrogen-bond acceptors (Lipinski definition) is 3. The molecule has 1 N–H and O–H groups in total. The van der Waals surface area contributed by atoms with Crippen molar-refractivity contribution >= 4 is 6.09 Å². The molecular weight excluding hydrogens is 266 g/mol. The highest BCUT2D eigenvalue weighted by Crippen LogP contribution is 2.16. The van der Waals surface area contributed by atoms with Gasteiger partial charge < -0.3 is 14.8 Å². The molecular formula is C17H17NO3. The van der Waals surface area contributed by atoms with Crippen LogP contribution in [0.3, 0.4) is 0 Å². The first-order valence-electron chi connectivity index (χ1n) is 6.98. The maximum atomic E-state index is 11.0. The normalized spacial score (nSPS) is 17.1. The van der Waals surface area contributed by atoms with Gasteiger partial charge >= 0.3 is 6.09 Å². The largest absolute Gasteiger partial charge is 0.489 e. The molecule has 0 unspecified atom stereocenters. The van der Waals surface area contributed by atoms with Crippen molar-refractivity contribution in [3.63, 3.8) is 0 Å². The molecule has 1 saturated heterocycles. The van der Waals surface area contributed by atoms with E-state index in [0.29, 0.717) is 13.2 Å². The minimum Gasteiger partial charge on any atom is -0.489 e. The second-order valence-electron chi connectivity index (χ2n) is 5.06. The molecule has 2 aromatic rings. The van der Waals surface area contributed by atoms with Crippen LogP contribution >= 0.6 is 0 Å². The van der Waals surface area contributed by atoms with Gasteiger partial charge in [-0.05, 0) is 29.7 Å². The van der Waals surface area contributed by atoms with Crippen LogP contribution in [0.15, 0.2) is 54.6 Å². The van der Waals surface area contributed by atoms with Gasteiger partial charge in [-0.1, -0.05) is 42.5 Å². The molecule has 1 aliphatic rings. The molecule has 0 spiro atoms. The summed E-state index contributed by atoms with van der Waals surface area (Å²) in [5.41, 5.74) is 2.30. The van der Waals surface area contributed by atoms with Crippen LogP contribution in [0.5, 0.6) is 5.75 Å². The van der Waals surface area contributed by atoms with Crippen LogP contribution in [-0.2, 0) is 17.8 Å². The number of amides is 1. The van der Waals surface area contributed by atoms with Crippen molar-refractivity contribution in [2.24, 2.45) is 0 Å². The van der Waals surface area contributed by atoms with E-state index < -0.39 is 0 Å². The fourth-order valence-corrected chi connectivity index (χ4v) is 2.28. The second-order valence-corrected chi connectivity index (χ2v) is 5.06. The molecule has 0 saturated carbocycles. The summed E-state index contributed by atoms with van der Waals surface area (Å²) in [6, 6.07) is 18.1. The lowest BCUT2D eigenvalue weighted by molar-refractivity contribution is 0.177. The first-order chi connectivity index (χ1) is 10.3. The van der Waals surface area contributed by atoms with Crippen LogP contribution in [0.4, 0.5) is 4.79 Å². The molecule has 0 aliphatic carbocycles. The molecule has 1 heterocycles. The summed E-state index contributed by atoms with van der Waals surface area (Å²) >= 11 is 0. The monoisotopic (exact) mass is 283 g/mol. The predicted molar refractivity (Wildman–Crippen MR) is 79.2 cm³/mol. The number of hydrogen-bond donors (Lipinski definition) is 1.